The smallest absolute Gasteiger partial charge is 0.211 e. The van der Waals surface area contributed by atoms with Crippen molar-refractivity contribution < 1.29 is 9.53 Å². The maximum absolute atomic E-state index is 10.2. The molecule has 1 aromatic carbocycles. The molecule has 84 valence electrons. The lowest BCUT2D eigenvalue weighted by molar-refractivity contribution is -0.105. The number of hydrogen-bond donors (Lipinski definition) is 1. The second kappa shape index (κ2) is 7.85. The van der Waals surface area contributed by atoms with Crippen LogP contribution in [-0.4, -0.2) is 13.5 Å². The van der Waals surface area contributed by atoms with Crippen LogP contribution in [-0.2, 0) is 11.2 Å². The Morgan fingerprint density at radius 1 is 1.40 bits per heavy atom. The molecule has 0 atom stereocenters. The van der Waals surface area contributed by atoms with Gasteiger partial charge in [0.05, 0.1) is 12.8 Å². The van der Waals surface area contributed by atoms with Gasteiger partial charge in [0.2, 0.25) is 6.41 Å². The Morgan fingerprint density at radius 2 is 2.07 bits per heavy atom. The van der Waals surface area contributed by atoms with Gasteiger partial charge in [0.1, 0.15) is 5.75 Å². The van der Waals surface area contributed by atoms with Crippen LogP contribution in [0.4, 0.5) is 5.69 Å². The summed E-state index contributed by atoms with van der Waals surface area (Å²) in [6.45, 7) is 6.07. The van der Waals surface area contributed by atoms with E-state index in [4.69, 9.17) is 4.74 Å². The van der Waals surface area contributed by atoms with E-state index in [1.807, 2.05) is 32.0 Å². The maximum Gasteiger partial charge on any atom is 0.211 e. The van der Waals surface area contributed by atoms with Crippen LogP contribution in [0.3, 0.4) is 0 Å². The summed E-state index contributed by atoms with van der Waals surface area (Å²) in [5.74, 6) is 0.700. The Morgan fingerprint density at radius 3 is 2.53 bits per heavy atom. The third-order valence-corrected chi connectivity index (χ3v) is 1.89. The molecule has 0 heterocycles. The molecule has 3 nitrogen and oxygen atoms in total. The standard InChI is InChI=1S/C10H13NO2.C2H6/c1-3-8-4-5-9(11-7-12)10(6-8)13-2;1-2/h4-7H,3H2,1-2H3,(H,11,12);1-2H3. The van der Waals surface area contributed by atoms with Gasteiger partial charge in [-0.2, -0.15) is 0 Å². The molecule has 0 aliphatic heterocycles. The third-order valence-electron chi connectivity index (χ3n) is 1.89. The maximum atomic E-state index is 10.2. The van der Waals surface area contributed by atoms with Crippen LogP contribution in [0.2, 0.25) is 0 Å². The van der Waals surface area contributed by atoms with Gasteiger partial charge in [-0.3, -0.25) is 4.79 Å². The van der Waals surface area contributed by atoms with Gasteiger partial charge in [0.25, 0.3) is 0 Å². The first-order valence-electron chi connectivity index (χ1n) is 5.19. The number of anilines is 1. The van der Waals surface area contributed by atoms with Crippen LogP contribution in [0, 0.1) is 0 Å². The van der Waals surface area contributed by atoms with Gasteiger partial charge < -0.3 is 10.1 Å². The van der Waals surface area contributed by atoms with Gasteiger partial charge in [-0.15, -0.1) is 0 Å². The van der Waals surface area contributed by atoms with Crippen molar-refractivity contribution in [2.24, 2.45) is 0 Å². The van der Waals surface area contributed by atoms with Crippen molar-refractivity contribution in [3.63, 3.8) is 0 Å². The molecule has 0 aliphatic carbocycles. The Labute approximate surface area is 91.5 Å². The molecule has 0 bridgehead atoms. The van der Waals surface area contributed by atoms with E-state index in [9.17, 15) is 4.79 Å². The van der Waals surface area contributed by atoms with E-state index in [1.54, 1.807) is 7.11 Å². The zero-order valence-corrected chi connectivity index (χ0v) is 9.83. The Bertz CT molecular complexity index is 298. The Hall–Kier alpha value is -1.51. The molecule has 1 amide bonds. The summed E-state index contributed by atoms with van der Waals surface area (Å²) in [5, 5.41) is 2.57. The van der Waals surface area contributed by atoms with Crippen molar-refractivity contribution in [3.8, 4) is 5.75 Å². The third kappa shape index (κ3) is 4.02. The van der Waals surface area contributed by atoms with E-state index >= 15 is 0 Å². The van der Waals surface area contributed by atoms with Crippen molar-refractivity contribution in [1.82, 2.24) is 0 Å². The van der Waals surface area contributed by atoms with E-state index in [0.29, 0.717) is 17.8 Å². The molecule has 0 unspecified atom stereocenters. The van der Waals surface area contributed by atoms with Gasteiger partial charge in [0, 0.05) is 0 Å². The van der Waals surface area contributed by atoms with Gasteiger partial charge in [-0.05, 0) is 24.1 Å². The molecule has 0 radical (unpaired) electrons. The Kier molecular flexibility index (Phi) is 7.06. The molecule has 0 spiro atoms. The highest BCUT2D eigenvalue weighted by molar-refractivity contribution is 5.75. The topological polar surface area (TPSA) is 38.3 Å². The first kappa shape index (κ1) is 13.5. The zero-order valence-electron chi connectivity index (χ0n) is 9.83. The van der Waals surface area contributed by atoms with Crippen LogP contribution < -0.4 is 10.1 Å². The van der Waals surface area contributed by atoms with Gasteiger partial charge in [0.15, 0.2) is 0 Å². The summed E-state index contributed by atoms with van der Waals surface area (Å²) in [7, 11) is 1.59. The highest BCUT2D eigenvalue weighted by Crippen LogP contribution is 2.24. The van der Waals surface area contributed by atoms with Crippen molar-refractivity contribution in [2.75, 3.05) is 12.4 Å². The molecule has 1 aromatic rings. The summed E-state index contributed by atoms with van der Waals surface area (Å²) in [6.07, 6.45) is 1.60. The van der Waals surface area contributed by atoms with Gasteiger partial charge in [-0.1, -0.05) is 26.8 Å². The number of carbonyl (C=O) groups excluding carboxylic acids is 1. The quantitative estimate of drug-likeness (QED) is 0.774. The van der Waals surface area contributed by atoms with Crippen LogP contribution in [0.5, 0.6) is 5.75 Å². The van der Waals surface area contributed by atoms with E-state index < -0.39 is 0 Å². The van der Waals surface area contributed by atoms with Crippen molar-refractivity contribution in [2.45, 2.75) is 27.2 Å². The molecular formula is C12H19NO2. The number of carbonyl (C=O) groups is 1. The minimum absolute atomic E-state index is 0.642. The van der Waals surface area contributed by atoms with Crippen molar-refractivity contribution >= 4 is 12.1 Å². The van der Waals surface area contributed by atoms with Crippen molar-refractivity contribution in [3.05, 3.63) is 23.8 Å². The fraction of sp³-hybridized carbons (Fsp3) is 0.417. The van der Waals surface area contributed by atoms with Crippen LogP contribution in [0.25, 0.3) is 0 Å². The average molecular weight is 209 g/mol. The van der Waals surface area contributed by atoms with Gasteiger partial charge >= 0.3 is 0 Å². The first-order chi connectivity index (χ1) is 7.31. The fourth-order valence-electron chi connectivity index (χ4n) is 1.14. The molecule has 0 aliphatic rings. The Balaban J connectivity index is 0.000000921. The molecule has 15 heavy (non-hydrogen) atoms. The molecule has 0 aromatic heterocycles. The molecule has 1 rings (SSSR count). The highest BCUT2D eigenvalue weighted by atomic mass is 16.5. The zero-order chi connectivity index (χ0) is 11.7. The number of benzene rings is 1. The number of rotatable bonds is 4. The minimum Gasteiger partial charge on any atom is -0.495 e. The van der Waals surface area contributed by atoms with Crippen LogP contribution in [0.15, 0.2) is 18.2 Å². The number of hydrogen-bond acceptors (Lipinski definition) is 2. The molecular weight excluding hydrogens is 190 g/mol. The average Bonchev–Trinajstić information content (AvgIpc) is 2.32. The van der Waals surface area contributed by atoms with Crippen LogP contribution >= 0.6 is 0 Å². The summed E-state index contributed by atoms with van der Waals surface area (Å²) in [5.41, 5.74) is 1.89. The predicted molar refractivity (Wildman–Crippen MR) is 63.4 cm³/mol. The number of amides is 1. The van der Waals surface area contributed by atoms with Crippen LogP contribution in [0.1, 0.15) is 26.3 Å². The molecule has 0 fully saturated rings. The fourth-order valence-corrected chi connectivity index (χ4v) is 1.14. The molecule has 0 saturated carbocycles. The van der Waals surface area contributed by atoms with Crippen molar-refractivity contribution in [1.29, 1.82) is 0 Å². The number of ether oxygens (including phenoxy) is 1. The first-order valence-corrected chi connectivity index (χ1v) is 5.19. The number of aryl methyl sites for hydroxylation is 1. The van der Waals surface area contributed by atoms with E-state index in [-0.39, 0.29) is 0 Å². The lowest BCUT2D eigenvalue weighted by atomic mass is 10.1. The summed E-state index contributed by atoms with van der Waals surface area (Å²) in [4.78, 5) is 10.2. The van der Waals surface area contributed by atoms with E-state index in [1.165, 1.54) is 5.56 Å². The van der Waals surface area contributed by atoms with Gasteiger partial charge in [-0.25, -0.2) is 0 Å². The minimum atomic E-state index is 0.642. The molecule has 0 saturated heterocycles. The second-order valence-corrected chi connectivity index (χ2v) is 2.65. The summed E-state index contributed by atoms with van der Waals surface area (Å²) >= 11 is 0. The highest BCUT2D eigenvalue weighted by Gasteiger charge is 2.01. The molecule has 1 N–H and O–H groups in total. The monoisotopic (exact) mass is 209 g/mol. The lowest BCUT2D eigenvalue weighted by Gasteiger charge is -2.08. The summed E-state index contributed by atoms with van der Waals surface area (Å²) in [6, 6.07) is 5.73. The summed E-state index contributed by atoms with van der Waals surface area (Å²) < 4.78 is 5.12. The molecule has 3 heteroatoms. The normalized spacial score (nSPS) is 8.53. The number of nitrogens with one attached hydrogen (secondary N) is 1. The second-order valence-electron chi connectivity index (χ2n) is 2.65. The largest absolute Gasteiger partial charge is 0.495 e. The SMILES string of the molecule is CC.CCc1ccc(NC=O)c(OC)c1. The predicted octanol–water partition coefficient (Wildman–Crippen LogP) is 2.85. The van der Waals surface area contributed by atoms with E-state index in [0.717, 1.165) is 6.42 Å². The lowest BCUT2D eigenvalue weighted by Crippen LogP contribution is -1.97. The van der Waals surface area contributed by atoms with E-state index in [2.05, 4.69) is 12.2 Å². The number of methoxy groups -OCH3 is 1.